The molecule has 8 atom stereocenters. The van der Waals surface area contributed by atoms with Crippen LogP contribution in [0.25, 0.3) is 0 Å². The second-order valence-electron chi connectivity index (χ2n) is 10.0. The van der Waals surface area contributed by atoms with Crippen molar-refractivity contribution in [1.82, 2.24) is 0 Å². The van der Waals surface area contributed by atoms with Crippen molar-refractivity contribution in [3.63, 3.8) is 0 Å². The minimum atomic E-state index is -0.648. The summed E-state index contributed by atoms with van der Waals surface area (Å²) in [7, 11) is 0. The normalized spacial score (nSPS) is 40.0. The fraction of sp³-hybridized carbons (Fsp3) is 0.846. The number of aliphatic hydroxyl groups is 1. The zero-order valence-electron chi connectivity index (χ0n) is 19.8. The largest absolute Gasteiger partial charge is 0.368 e. The SMILES string of the molecule is CC(C)=CCCCC=C[C@@H]1[C@H]2CC(O)O[C@H]2C[C@H]1OC1OCCCC1OC1CCCCO1. The van der Waals surface area contributed by atoms with Crippen molar-refractivity contribution in [3.8, 4) is 0 Å². The van der Waals surface area contributed by atoms with E-state index in [2.05, 4.69) is 32.1 Å². The number of unbranched alkanes of at least 4 members (excludes halogenated alkanes) is 2. The molecule has 4 unspecified atom stereocenters. The highest BCUT2D eigenvalue weighted by molar-refractivity contribution is 5.06. The molecule has 3 heterocycles. The van der Waals surface area contributed by atoms with E-state index in [1.165, 1.54) is 5.57 Å². The summed E-state index contributed by atoms with van der Waals surface area (Å²) in [4.78, 5) is 0. The van der Waals surface area contributed by atoms with Crippen LogP contribution in [0.4, 0.5) is 0 Å². The zero-order chi connectivity index (χ0) is 22.3. The van der Waals surface area contributed by atoms with Crippen molar-refractivity contribution in [2.24, 2.45) is 11.8 Å². The van der Waals surface area contributed by atoms with Crippen LogP contribution in [0.5, 0.6) is 0 Å². The Labute approximate surface area is 193 Å². The van der Waals surface area contributed by atoms with E-state index < -0.39 is 6.29 Å². The number of rotatable bonds is 9. The van der Waals surface area contributed by atoms with Gasteiger partial charge >= 0.3 is 0 Å². The van der Waals surface area contributed by atoms with Gasteiger partial charge in [0, 0.05) is 32.0 Å². The predicted molar refractivity (Wildman–Crippen MR) is 122 cm³/mol. The van der Waals surface area contributed by atoms with Gasteiger partial charge in [0.2, 0.25) is 0 Å². The Hall–Kier alpha value is -0.760. The van der Waals surface area contributed by atoms with Crippen LogP contribution >= 0.6 is 0 Å². The van der Waals surface area contributed by atoms with Gasteiger partial charge in [0.25, 0.3) is 0 Å². The van der Waals surface area contributed by atoms with E-state index in [9.17, 15) is 5.11 Å². The minimum Gasteiger partial charge on any atom is -0.368 e. The Bertz CT molecular complexity index is 624. The third-order valence-corrected chi connectivity index (χ3v) is 7.15. The summed E-state index contributed by atoms with van der Waals surface area (Å²) >= 11 is 0. The molecule has 0 aromatic rings. The van der Waals surface area contributed by atoms with Crippen LogP contribution in [0.2, 0.25) is 0 Å². The maximum atomic E-state index is 10.0. The number of fused-ring (bicyclic) bond motifs is 1. The average Bonchev–Trinajstić information content (AvgIpc) is 3.28. The lowest BCUT2D eigenvalue weighted by Crippen LogP contribution is -2.44. The molecule has 182 valence electrons. The summed E-state index contributed by atoms with van der Waals surface area (Å²) in [5.74, 6) is 0.534. The fourth-order valence-corrected chi connectivity index (χ4v) is 5.50. The molecule has 4 fully saturated rings. The van der Waals surface area contributed by atoms with Crippen LogP contribution in [-0.2, 0) is 23.7 Å². The quantitative estimate of drug-likeness (QED) is 0.400. The summed E-state index contributed by atoms with van der Waals surface area (Å²) < 4.78 is 30.5. The van der Waals surface area contributed by atoms with Crippen LogP contribution in [0.1, 0.15) is 78.1 Å². The molecule has 0 spiro atoms. The molecule has 4 rings (SSSR count). The van der Waals surface area contributed by atoms with Gasteiger partial charge in [0.1, 0.15) is 6.10 Å². The topological polar surface area (TPSA) is 66.4 Å². The lowest BCUT2D eigenvalue weighted by atomic mass is 9.91. The van der Waals surface area contributed by atoms with Gasteiger partial charge in [0.05, 0.1) is 12.2 Å². The molecular formula is C26H42O6. The summed E-state index contributed by atoms with van der Waals surface area (Å²) in [6, 6.07) is 0. The number of hydrogen-bond acceptors (Lipinski definition) is 6. The van der Waals surface area contributed by atoms with Crippen molar-refractivity contribution >= 4 is 0 Å². The Morgan fingerprint density at radius 3 is 2.66 bits per heavy atom. The van der Waals surface area contributed by atoms with E-state index in [0.717, 1.165) is 64.4 Å². The van der Waals surface area contributed by atoms with Crippen LogP contribution < -0.4 is 0 Å². The minimum absolute atomic E-state index is 0.0213. The van der Waals surface area contributed by atoms with E-state index in [4.69, 9.17) is 23.7 Å². The molecule has 1 aliphatic carbocycles. The molecule has 0 radical (unpaired) electrons. The van der Waals surface area contributed by atoms with Gasteiger partial charge in [0.15, 0.2) is 18.9 Å². The van der Waals surface area contributed by atoms with Gasteiger partial charge in [-0.05, 0) is 71.1 Å². The molecule has 0 bridgehead atoms. The summed E-state index contributed by atoms with van der Waals surface area (Å²) in [5.41, 5.74) is 1.38. The van der Waals surface area contributed by atoms with Gasteiger partial charge in [-0.2, -0.15) is 0 Å². The molecule has 1 saturated carbocycles. The molecule has 0 amide bonds. The van der Waals surface area contributed by atoms with Crippen LogP contribution in [0.15, 0.2) is 23.8 Å². The molecule has 0 aromatic carbocycles. The van der Waals surface area contributed by atoms with E-state index in [-0.39, 0.29) is 36.8 Å². The smallest absolute Gasteiger partial charge is 0.184 e. The van der Waals surface area contributed by atoms with Gasteiger partial charge < -0.3 is 28.8 Å². The molecule has 32 heavy (non-hydrogen) atoms. The first-order chi connectivity index (χ1) is 15.6. The Morgan fingerprint density at radius 2 is 1.84 bits per heavy atom. The van der Waals surface area contributed by atoms with Crippen molar-refractivity contribution in [2.75, 3.05) is 13.2 Å². The monoisotopic (exact) mass is 450 g/mol. The highest BCUT2D eigenvalue weighted by Crippen LogP contribution is 2.45. The lowest BCUT2D eigenvalue weighted by Gasteiger charge is -2.37. The highest BCUT2D eigenvalue weighted by atomic mass is 16.7. The van der Waals surface area contributed by atoms with Crippen molar-refractivity contribution in [2.45, 2.75) is 115 Å². The van der Waals surface area contributed by atoms with E-state index in [0.29, 0.717) is 18.9 Å². The van der Waals surface area contributed by atoms with Crippen LogP contribution in [-0.4, -0.2) is 55.5 Å². The third kappa shape index (κ3) is 6.64. The molecule has 3 saturated heterocycles. The molecule has 6 heteroatoms. The fourth-order valence-electron chi connectivity index (χ4n) is 5.50. The second-order valence-corrected chi connectivity index (χ2v) is 10.0. The summed E-state index contributed by atoms with van der Waals surface area (Å²) in [6.45, 7) is 5.77. The average molecular weight is 451 g/mol. The Kier molecular flexibility index (Phi) is 9.21. The molecule has 6 nitrogen and oxygen atoms in total. The summed E-state index contributed by atoms with van der Waals surface area (Å²) in [6.07, 6.45) is 15.6. The van der Waals surface area contributed by atoms with Crippen LogP contribution in [0, 0.1) is 11.8 Å². The first-order valence-corrected chi connectivity index (χ1v) is 12.8. The van der Waals surface area contributed by atoms with Crippen molar-refractivity contribution in [3.05, 3.63) is 23.8 Å². The highest BCUT2D eigenvalue weighted by Gasteiger charge is 2.50. The van der Waals surface area contributed by atoms with Crippen molar-refractivity contribution in [1.29, 1.82) is 0 Å². The van der Waals surface area contributed by atoms with E-state index >= 15 is 0 Å². The molecule has 0 aromatic heterocycles. The van der Waals surface area contributed by atoms with Gasteiger partial charge in [-0.25, -0.2) is 0 Å². The Morgan fingerprint density at radius 1 is 0.969 bits per heavy atom. The van der Waals surface area contributed by atoms with E-state index in [1.54, 1.807) is 0 Å². The molecular weight excluding hydrogens is 408 g/mol. The van der Waals surface area contributed by atoms with Gasteiger partial charge in [-0.1, -0.05) is 23.8 Å². The first-order valence-electron chi connectivity index (χ1n) is 12.8. The molecule has 1 N–H and O–H groups in total. The summed E-state index contributed by atoms with van der Waals surface area (Å²) in [5, 5.41) is 10.0. The number of aliphatic hydroxyl groups excluding tert-OH is 1. The molecule has 3 aliphatic heterocycles. The lowest BCUT2D eigenvalue weighted by molar-refractivity contribution is -0.289. The zero-order valence-corrected chi connectivity index (χ0v) is 19.8. The van der Waals surface area contributed by atoms with Gasteiger partial charge in [-0.3, -0.25) is 0 Å². The standard InChI is InChI=1S/C26H42O6/c1-18(2)10-5-3-4-6-11-19-20-16-24(27)30-23(20)17-22(19)32-26-21(12-9-15-29-26)31-25-13-7-8-14-28-25/h6,10-11,19-27H,3-5,7-9,12-17H2,1-2H3/t19-,20-,21?,22-,23+,24?,25?,26?/m1/s1. The predicted octanol–water partition coefficient (Wildman–Crippen LogP) is 4.86. The van der Waals surface area contributed by atoms with E-state index in [1.807, 2.05) is 0 Å². The van der Waals surface area contributed by atoms with Gasteiger partial charge in [-0.15, -0.1) is 0 Å². The molecule has 4 aliphatic rings. The number of ether oxygens (including phenoxy) is 5. The van der Waals surface area contributed by atoms with Crippen LogP contribution in [0.3, 0.4) is 0 Å². The second kappa shape index (κ2) is 12.1. The first kappa shape index (κ1) is 24.4. The third-order valence-electron chi connectivity index (χ3n) is 7.15. The maximum absolute atomic E-state index is 10.0. The van der Waals surface area contributed by atoms with Crippen molar-refractivity contribution < 1.29 is 28.8 Å². The Balaban J connectivity index is 1.35. The number of hydrogen-bond donors (Lipinski definition) is 1. The maximum Gasteiger partial charge on any atom is 0.184 e. The number of allylic oxidation sites excluding steroid dienone is 3.